The van der Waals surface area contributed by atoms with Gasteiger partial charge in [-0.1, -0.05) is 18.2 Å². The zero-order chi connectivity index (χ0) is 26.6. The van der Waals surface area contributed by atoms with Crippen molar-refractivity contribution < 1.29 is 22.7 Å². The van der Waals surface area contributed by atoms with E-state index in [1.54, 1.807) is 11.3 Å². The molecule has 0 spiro atoms. The summed E-state index contributed by atoms with van der Waals surface area (Å²) in [5, 5.41) is 0.882. The van der Waals surface area contributed by atoms with Gasteiger partial charge in [0.15, 0.2) is 0 Å². The molecule has 8 nitrogen and oxygen atoms in total. The molecular formula is C27H31N3O5S2. The number of carbonyl (C=O) groups excluding carboxylic acids is 1. The number of carbonyl (C=O) groups is 1. The molecule has 1 aliphatic carbocycles. The van der Waals surface area contributed by atoms with E-state index in [2.05, 4.69) is 32.2 Å². The van der Waals surface area contributed by atoms with Crippen molar-refractivity contribution >= 4 is 34.0 Å². The number of benzene rings is 2. The van der Waals surface area contributed by atoms with Crippen LogP contribution in [-0.4, -0.2) is 45.1 Å². The molecule has 4 rings (SSSR count). The van der Waals surface area contributed by atoms with E-state index in [1.807, 2.05) is 50.4 Å². The van der Waals surface area contributed by atoms with Gasteiger partial charge in [-0.25, -0.2) is 18.1 Å². The summed E-state index contributed by atoms with van der Waals surface area (Å²) in [6.45, 7) is 8.06. The summed E-state index contributed by atoms with van der Waals surface area (Å²) in [7, 11) is -2.38. The first kappa shape index (κ1) is 27.0. The Morgan fingerprint density at radius 1 is 1.30 bits per heavy atom. The lowest BCUT2D eigenvalue weighted by Gasteiger charge is -2.15. The fraction of sp³-hybridized carbons (Fsp3) is 0.370. The number of rotatable bonds is 11. The lowest BCUT2D eigenvalue weighted by Crippen LogP contribution is -2.30. The van der Waals surface area contributed by atoms with Crippen molar-refractivity contribution in [1.82, 2.24) is 9.71 Å². The van der Waals surface area contributed by atoms with Gasteiger partial charge in [-0.2, -0.15) is 0 Å². The van der Waals surface area contributed by atoms with Crippen LogP contribution in [-0.2, 0) is 32.5 Å². The van der Waals surface area contributed by atoms with E-state index in [4.69, 9.17) is 4.74 Å². The topological polar surface area (TPSA) is 107 Å². The van der Waals surface area contributed by atoms with E-state index in [0.717, 1.165) is 49.9 Å². The Morgan fingerprint density at radius 2 is 2.11 bits per heavy atom. The number of nitrogens with zero attached hydrogens (tertiary/aromatic N) is 2. The molecule has 1 heterocycles. The highest BCUT2D eigenvalue weighted by Gasteiger charge is 2.29. The van der Waals surface area contributed by atoms with Crippen LogP contribution >= 0.6 is 11.3 Å². The van der Waals surface area contributed by atoms with Crippen LogP contribution in [0.5, 0.6) is 5.75 Å². The number of aromatic nitrogens is 1. The molecule has 3 aromatic rings. The molecule has 1 atom stereocenters. The maximum atomic E-state index is 12.5. The molecular weight excluding hydrogens is 510 g/mol. The number of hydrogen-bond donors (Lipinski definition) is 1. The highest BCUT2D eigenvalue weighted by Crippen LogP contribution is 2.41. The van der Waals surface area contributed by atoms with E-state index >= 15 is 0 Å². The van der Waals surface area contributed by atoms with E-state index < -0.39 is 16.0 Å². The van der Waals surface area contributed by atoms with Gasteiger partial charge in [0.1, 0.15) is 10.8 Å². The van der Waals surface area contributed by atoms with E-state index in [1.165, 1.54) is 7.11 Å². The largest absolute Gasteiger partial charge is 0.491 e. The second-order valence-electron chi connectivity index (χ2n) is 9.13. The van der Waals surface area contributed by atoms with Gasteiger partial charge in [0.2, 0.25) is 10.0 Å². The van der Waals surface area contributed by atoms with Crippen LogP contribution in [0, 0.1) is 0 Å². The maximum absolute atomic E-state index is 12.5. The van der Waals surface area contributed by atoms with Gasteiger partial charge < -0.3 is 9.47 Å². The van der Waals surface area contributed by atoms with Gasteiger partial charge in [0.05, 0.1) is 36.8 Å². The summed E-state index contributed by atoms with van der Waals surface area (Å²) in [5.74, 6) is -0.0485. The highest BCUT2D eigenvalue weighted by molar-refractivity contribution is 7.89. The third kappa shape index (κ3) is 6.44. The quantitative estimate of drug-likeness (QED) is 0.272. The second-order valence-corrected chi connectivity index (χ2v) is 12.0. The van der Waals surface area contributed by atoms with Gasteiger partial charge >= 0.3 is 5.97 Å². The SMILES string of the molecule is C=NCc1cc(-c2ncc(-c3cccc4c3CCC4NS(=O)(=O)CCC(=O)OC)s2)ccc1OC(C)C. The summed E-state index contributed by atoms with van der Waals surface area (Å²) < 4.78 is 38.3. The Bertz CT molecular complexity index is 1400. The zero-order valence-electron chi connectivity index (χ0n) is 21.2. The first-order valence-electron chi connectivity index (χ1n) is 12.1. The average molecular weight is 542 g/mol. The van der Waals surface area contributed by atoms with Gasteiger partial charge in [-0.3, -0.25) is 9.79 Å². The number of aliphatic imine (C=N–C) groups is 1. The van der Waals surface area contributed by atoms with Crippen molar-refractivity contribution in [1.29, 1.82) is 0 Å². The molecule has 1 N–H and O–H groups in total. The van der Waals surface area contributed by atoms with Crippen LogP contribution in [0.4, 0.5) is 0 Å². The Kier molecular flexibility index (Phi) is 8.41. The first-order chi connectivity index (χ1) is 17.7. The highest BCUT2D eigenvalue weighted by atomic mass is 32.2. The van der Waals surface area contributed by atoms with Crippen molar-refractivity contribution in [3.63, 3.8) is 0 Å². The number of esters is 1. The van der Waals surface area contributed by atoms with Crippen molar-refractivity contribution in [2.75, 3.05) is 12.9 Å². The molecule has 2 aromatic carbocycles. The second kappa shape index (κ2) is 11.5. The Morgan fingerprint density at radius 3 is 2.84 bits per heavy atom. The van der Waals surface area contributed by atoms with Gasteiger partial charge in [0.25, 0.3) is 0 Å². The molecule has 196 valence electrons. The third-order valence-corrected chi connectivity index (χ3v) is 8.58. The molecule has 1 aliphatic rings. The summed E-state index contributed by atoms with van der Waals surface area (Å²) in [5.41, 5.74) is 5.08. The normalized spacial score (nSPS) is 15.0. The lowest BCUT2D eigenvalue weighted by atomic mass is 10.0. The lowest BCUT2D eigenvalue weighted by molar-refractivity contribution is -0.140. The third-order valence-electron chi connectivity index (χ3n) is 6.12. The molecule has 1 unspecified atom stereocenters. The van der Waals surface area contributed by atoms with Crippen LogP contribution in [0.25, 0.3) is 21.0 Å². The molecule has 0 radical (unpaired) electrons. The minimum Gasteiger partial charge on any atom is -0.491 e. The molecule has 10 heteroatoms. The minimum atomic E-state index is -3.63. The summed E-state index contributed by atoms with van der Waals surface area (Å²) in [6, 6.07) is 11.6. The minimum absolute atomic E-state index is 0.0576. The number of sulfonamides is 1. The van der Waals surface area contributed by atoms with Crippen LogP contribution in [0.3, 0.4) is 0 Å². The zero-order valence-corrected chi connectivity index (χ0v) is 22.8. The number of methoxy groups -OCH3 is 1. The molecule has 0 fully saturated rings. The Balaban J connectivity index is 1.57. The van der Waals surface area contributed by atoms with Crippen LogP contribution in [0.15, 0.2) is 47.6 Å². The fourth-order valence-electron chi connectivity index (χ4n) is 4.46. The van der Waals surface area contributed by atoms with Crippen molar-refractivity contribution in [3.05, 3.63) is 59.3 Å². The Hall–Kier alpha value is -3.08. The van der Waals surface area contributed by atoms with Crippen LogP contribution in [0.1, 0.15) is 49.4 Å². The molecule has 1 aromatic heterocycles. The van der Waals surface area contributed by atoms with E-state index in [9.17, 15) is 13.2 Å². The number of thiazole rings is 1. The van der Waals surface area contributed by atoms with Gasteiger partial charge in [0, 0.05) is 23.4 Å². The predicted molar refractivity (Wildman–Crippen MR) is 147 cm³/mol. The van der Waals surface area contributed by atoms with Crippen LogP contribution < -0.4 is 9.46 Å². The standard InChI is InChI=1S/C27H31N3O5S2/c1-17(2)35-24-11-8-18(14-19(24)15-28-3)27-29-16-25(36-27)22-7-5-6-21-20(22)9-10-23(21)30-37(32,33)13-12-26(31)34-4/h5-8,11,14,16-17,23,30H,3,9-10,12-13,15H2,1-2,4H3. The predicted octanol–water partition coefficient (Wildman–Crippen LogP) is 4.93. The molecule has 0 saturated heterocycles. The molecule has 0 amide bonds. The Labute approximate surface area is 221 Å². The maximum Gasteiger partial charge on any atom is 0.306 e. The van der Waals surface area contributed by atoms with Gasteiger partial charge in [-0.05, 0) is 68.3 Å². The molecule has 37 heavy (non-hydrogen) atoms. The van der Waals surface area contributed by atoms with Crippen molar-refractivity contribution in [3.8, 4) is 26.8 Å². The average Bonchev–Trinajstić information content (AvgIpc) is 3.51. The van der Waals surface area contributed by atoms with Crippen LogP contribution in [0.2, 0.25) is 0 Å². The number of fused-ring (bicyclic) bond motifs is 1. The molecule has 0 aliphatic heterocycles. The first-order valence-corrected chi connectivity index (χ1v) is 14.5. The van der Waals surface area contributed by atoms with E-state index in [-0.39, 0.29) is 24.3 Å². The van der Waals surface area contributed by atoms with Crippen molar-refractivity contribution in [2.45, 2.75) is 51.8 Å². The summed E-state index contributed by atoms with van der Waals surface area (Å²) in [4.78, 5) is 21.1. The number of nitrogens with one attached hydrogen (secondary N) is 1. The molecule has 0 saturated carbocycles. The monoisotopic (exact) mass is 541 g/mol. The number of hydrogen-bond acceptors (Lipinski definition) is 8. The smallest absolute Gasteiger partial charge is 0.306 e. The van der Waals surface area contributed by atoms with Crippen molar-refractivity contribution in [2.24, 2.45) is 4.99 Å². The fourth-order valence-corrected chi connectivity index (χ4v) is 6.66. The summed E-state index contributed by atoms with van der Waals surface area (Å²) >= 11 is 1.59. The van der Waals surface area contributed by atoms with Gasteiger partial charge in [-0.15, -0.1) is 11.3 Å². The van der Waals surface area contributed by atoms with E-state index in [0.29, 0.717) is 13.0 Å². The number of ether oxygens (including phenoxy) is 2. The summed E-state index contributed by atoms with van der Waals surface area (Å²) in [6.07, 6.45) is 3.16. The molecule has 0 bridgehead atoms.